The molecule has 0 unspecified atom stereocenters. The van der Waals surface area contributed by atoms with Crippen molar-refractivity contribution in [2.75, 3.05) is 32.1 Å². The van der Waals surface area contributed by atoms with Crippen LogP contribution in [0, 0.1) is 6.92 Å². The third kappa shape index (κ3) is 8.57. The molecule has 0 fully saturated rings. The molecule has 0 aliphatic heterocycles. The summed E-state index contributed by atoms with van der Waals surface area (Å²) in [4.78, 5) is 28.6. The summed E-state index contributed by atoms with van der Waals surface area (Å²) >= 11 is 1.79. The third-order valence-corrected chi connectivity index (χ3v) is 5.28. The highest BCUT2D eigenvalue weighted by Crippen LogP contribution is 2.30. The fourth-order valence-corrected chi connectivity index (χ4v) is 3.75. The predicted octanol–water partition coefficient (Wildman–Crippen LogP) is 3.88. The van der Waals surface area contributed by atoms with Gasteiger partial charge in [0.15, 0.2) is 5.13 Å². The number of likely N-dealkylation sites (N-methyl/N-ethyl adjacent to an activating group) is 1. The van der Waals surface area contributed by atoms with E-state index >= 15 is 0 Å². The minimum atomic E-state index is -1.26. The summed E-state index contributed by atoms with van der Waals surface area (Å²) in [5, 5.41) is 16.7. The number of aliphatic carboxylic acids is 2. The van der Waals surface area contributed by atoms with Crippen molar-refractivity contribution in [3.05, 3.63) is 71.8 Å². The molecule has 0 radical (unpaired) electrons. The Morgan fingerprint density at radius 3 is 2.23 bits per heavy atom. The lowest BCUT2D eigenvalue weighted by molar-refractivity contribution is -0.134. The van der Waals surface area contributed by atoms with Gasteiger partial charge in [-0.1, -0.05) is 47.7 Å². The van der Waals surface area contributed by atoms with Crippen molar-refractivity contribution in [1.29, 1.82) is 0 Å². The molecule has 31 heavy (non-hydrogen) atoms. The van der Waals surface area contributed by atoms with Crippen LogP contribution in [-0.2, 0) is 16.1 Å². The molecule has 0 atom stereocenters. The molecule has 3 aromatic rings. The highest BCUT2D eigenvalue weighted by Gasteiger charge is 2.13. The van der Waals surface area contributed by atoms with E-state index in [1.165, 1.54) is 15.8 Å². The summed E-state index contributed by atoms with van der Waals surface area (Å²) in [6.07, 6.45) is 1.12. The van der Waals surface area contributed by atoms with E-state index in [1.54, 1.807) is 11.3 Å². The number of nitrogens with zero attached hydrogens (tertiary/aromatic N) is 3. The molecule has 0 amide bonds. The van der Waals surface area contributed by atoms with Gasteiger partial charge in [-0.05, 0) is 44.3 Å². The van der Waals surface area contributed by atoms with Crippen LogP contribution in [0.15, 0.2) is 60.7 Å². The maximum absolute atomic E-state index is 9.55. The zero-order valence-corrected chi connectivity index (χ0v) is 18.7. The van der Waals surface area contributed by atoms with Crippen LogP contribution in [0.4, 0.5) is 5.13 Å². The van der Waals surface area contributed by atoms with Gasteiger partial charge in [0.25, 0.3) is 0 Å². The van der Waals surface area contributed by atoms with Gasteiger partial charge >= 0.3 is 11.9 Å². The van der Waals surface area contributed by atoms with Crippen molar-refractivity contribution in [3.8, 4) is 0 Å². The van der Waals surface area contributed by atoms with Crippen molar-refractivity contribution < 1.29 is 19.8 Å². The fraction of sp³-hybridized carbons (Fsp3) is 0.261. The lowest BCUT2D eigenvalue weighted by Crippen LogP contribution is -2.31. The molecule has 0 saturated carbocycles. The molecular weight excluding hydrogens is 414 g/mol. The Morgan fingerprint density at radius 1 is 1.00 bits per heavy atom. The van der Waals surface area contributed by atoms with Gasteiger partial charge in [-0.25, -0.2) is 14.6 Å². The predicted molar refractivity (Wildman–Crippen MR) is 125 cm³/mol. The SMILES string of the molecule is Cc1ccc2nc(N(CCN(C)C)Cc3ccccc3)sc2c1.O=C(O)/C=C/C(=O)O. The Balaban J connectivity index is 0.000000366. The van der Waals surface area contributed by atoms with E-state index in [0.717, 1.165) is 30.3 Å². The number of hydrogen-bond acceptors (Lipinski definition) is 6. The second kappa shape index (κ2) is 11.8. The zero-order chi connectivity index (χ0) is 22.8. The molecule has 0 aliphatic rings. The molecule has 0 spiro atoms. The van der Waals surface area contributed by atoms with E-state index in [0.29, 0.717) is 12.2 Å². The number of aromatic nitrogens is 1. The Morgan fingerprint density at radius 2 is 1.65 bits per heavy atom. The summed E-state index contributed by atoms with van der Waals surface area (Å²) in [6.45, 7) is 5.02. The number of thiazole rings is 1. The first-order valence-electron chi connectivity index (χ1n) is 9.69. The average Bonchev–Trinajstić information content (AvgIpc) is 3.13. The van der Waals surface area contributed by atoms with Crippen LogP contribution in [0.5, 0.6) is 0 Å². The van der Waals surface area contributed by atoms with Crippen LogP contribution >= 0.6 is 11.3 Å². The molecule has 7 nitrogen and oxygen atoms in total. The first-order chi connectivity index (χ1) is 14.7. The Bertz CT molecular complexity index is 1020. The number of carboxylic acid groups (broad SMARTS) is 2. The number of carboxylic acids is 2. The lowest BCUT2D eigenvalue weighted by Gasteiger charge is -2.23. The van der Waals surface area contributed by atoms with Gasteiger partial charge < -0.3 is 20.0 Å². The Labute approximate surface area is 185 Å². The maximum atomic E-state index is 9.55. The van der Waals surface area contributed by atoms with E-state index in [-0.39, 0.29) is 0 Å². The minimum absolute atomic E-state index is 0.558. The van der Waals surface area contributed by atoms with Gasteiger partial charge in [0.2, 0.25) is 0 Å². The van der Waals surface area contributed by atoms with E-state index in [1.807, 2.05) is 0 Å². The first kappa shape index (κ1) is 24.0. The van der Waals surface area contributed by atoms with Crippen LogP contribution < -0.4 is 4.90 Å². The maximum Gasteiger partial charge on any atom is 0.328 e. The number of carbonyl (C=O) groups is 2. The van der Waals surface area contributed by atoms with E-state index in [4.69, 9.17) is 15.2 Å². The minimum Gasteiger partial charge on any atom is -0.478 e. The van der Waals surface area contributed by atoms with Gasteiger partial charge in [-0.2, -0.15) is 0 Å². The van der Waals surface area contributed by atoms with Crippen LogP contribution in [0.1, 0.15) is 11.1 Å². The summed E-state index contributed by atoms with van der Waals surface area (Å²) in [7, 11) is 4.23. The number of fused-ring (bicyclic) bond motifs is 1. The standard InChI is InChI=1S/C19H23N3S.C4H4O4/c1-15-9-10-17-18(13-15)23-19(20-17)22(12-11-21(2)3)14-16-7-5-4-6-8-16;5-3(6)1-2-4(7)8/h4-10,13H,11-12,14H2,1-3H3;1-2H,(H,5,6)(H,7,8)/b;2-1+. The first-order valence-corrected chi connectivity index (χ1v) is 10.5. The second-order valence-corrected chi connectivity index (χ2v) is 8.20. The highest BCUT2D eigenvalue weighted by molar-refractivity contribution is 7.22. The molecule has 0 bridgehead atoms. The van der Waals surface area contributed by atoms with Crippen molar-refractivity contribution in [1.82, 2.24) is 9.88 Å². The van der Waals surface area contributed by atoms with Crippen molar-refractivity contribution in [2.24, 2.45) is 0 Å². The van der Waals surface area contributed by atoms with Gasteiger partial charge in [0, 0.05) is 31.8 Å². The van der Waals surface area contributed by atoms with Gasteiger partial charge in [-0.3, -0.25) is 0 Å². The summed E-state index contributed by atoms with van der Waals surface area (Å²) in [5.74, 6) is -2.51. The third-order valence-electron chi connectivity index (χ3n) is 4.21. The number of anilines is 1. The molecular formula is C23H27N3O4S. The van der Waals surface area contributed by atoms with Crippen LogP contribution in [-0.4, -0.2) is 59.2 Å². The van der Waals surface area contributed by atoms with E-state index in [9.17, 15) is 9.59 Å². The molecule has 1 aromatic heterocycles. The Kier molecular flexibility index (Phi) is 9.17. The second-order valence-electron chi connectivity index (χ2n) is 7.19. The smallest absolute Gasteiger partial charge is 0.328 e. The van der Waals surface area contributed by atoms with Crippen molar-refractivity contribution in [3.63, 3.8) is 0 Å². The molecule has 8 heteroatoms. The highest BCUT2D eigenvalue weighted by atomic mass is 32.1. The normalized spacial score (nSPS) is 10.8. The van der Waals surface area contributed by atoms with Crippen LogP contribution in [0.2, 0.25) is 0 Å². The number of aryl methyl sites for hydroxylation is 1. The number of benzene rings is 2. The lowest BCUT2D eigenvalue weighted by atomic mass is 10.2. The van der Waals surface area contributed by atoms with Gasteiger partial charge in [-0.15, -0.1) is 0 Å². The van der Waals surface area contributed by atoms with E-state index in [2.05, 4.69) is 79.3 Å². The largest absolute Gasteiger partial charge is 0.478 e. The van der Waals surface area contributed by atoms with E-state index < -0.39 is 11.9 Å². The van der Waals surface area contributed by atoms with Gasteiger partial charge in [0.1, 0.15) is 0 Å². The van der Waals surface area contributed by atoms with Gasteiger partial charge in [0.05, 0.1) is 10.2 Å². The van der Waals surface area contributed by atoms with Crippen LogP contribution in [0.25, 0.3) is 10.2 Å². The Hall–Kier alpha value is -3.23. The topological polar surface area (TPSA) is 94.0 Å². The molecule has 164 valence electrons. The quantitative estimate of drug-likeness (QED) is 0.512. The molecule has 0 aliphatic carbocycles. The summed E-state index contributed by atoms with van der Waals surface area (Å²) in [6, 6.07) is 17.1. The summed E-state index contributed by atoms with van der Waals surface area (Å²) in [5.41, 5.74) is 3.70. The number of rotatable bonds is 8. The zero-order valence-electron chi connectivity index (χ0n) is 17.9. The van der Waals surface area contributed by atoms with Crippen molar-refractivity contribution >= 4 is 38.6 Å². The molecule has 0 saturated heterocycles. The van der Waals surface area contributed by atoms with Crippen LogP contribution in [0.3, 0.4) is 0 Å². The summed E-state index contributed by atoms with van der Waals surface area (Å²) < 4.78 is 1.27. The number of hydrogen-bond donors (Lipinski definition) is 2. The average molecular weight is 442 g/mol. The van der Waals surface area contributed by atoms with Crippen molar-refractivity contribution in [2.45, 2.75) is 13.5 Å². The molecule has 1 heterocycles. The molecule has 3 rings (SSSR count). The monoisotopic (exact) mass is 441 g/mol. The molecule has 2 aromatic carbocycles. The fourth-order valence-electron chi connectivity index (χ4n) is 2.66. The molecule has 2 N–H and O–H groups in total.